The van der Waals surface area contributed by atoms with Gasteiger partial charge in [0.25, 0.3) is 0 Å². The highest BCUT2D eigenvalue weighted by molar-refractivity contribution is 7.89. The third-order valence-electron chi connectivity index (χ3n) is 4.35. The van der Waals surface area contributed by atoms with E-state index in [9.17, 15) is 13.2 Å². The summed E-state index contributed by atoms with van der Waals surface area (Å²) in [5, 5.41) is 9.10. The standard InChI is InChI=1S/C16H24N2O4S/c1-12-5-7-15(8-6-12)23(21,22)17-10-14-4-3-9-18(11-14)13(2)16(19)20/h5-8,13-14,17H,3-4,9-11H2,1-2H3,(H,19,20)/t13-,14-/m0/s1. The van der Waals surface area contributed by atoms with E-state index in [1.54, 1.807) is 31.2 Å². The predicted molar refractivity (Wildman–Crippen MR) is 87.8 cm³/mol. The highest BCUT2D eigenvalue weighted by Gasteiger charge is 2.28. The SMILES string of the molecule is Cc1ccc(S(=O)(=O)NC[C@@H]2CCCN([C@@H](C)C(=O)O)C2)cc1. The third-order valence-corrected chi connectivity index (χ3v) is 5.79. The molecule has 2 N–H and O–H groups in total. The Balaban J connectivity index is 1.94. The van der Waals surface area contributed by atoms with E-state index in [-0.39, 0.29) is 10.8 Å². The van der Waals surface area contributed by atoms with Crippen LogP contribution in [0.15, 0.2) is 29.2 Å². The quantitative estimate of drug-likeness (QED) is 0.819. The van der Waals surface area contributed by atoms with Crippen LogP contribution in [0.3, 0.4) is 0 Å². The number of hydrogen-bond donors (Lipinski definition) is 2. The Bertz CT molecular complexity index is 643. The lowest BCUT2D eigenvalue weighted by atomic mass is 9.97. The van der Waals surface area contributed by atoms with Gasteiger partial charge in [0.2, 0.25) is 10.0 Å². The zero-order chi connectivity index (χ0) is 17.0. The first-order valence-electron chi connectivity index (χ1n) is 7.83. The number of rotatable bonds is 6. The number of nitrogens with zero attached hydrogens (tertiary/aromatic N) is 1. The number of piperidine rings is 1. The maximum Gasteiger partial charge on any atom is 0.320 e. The van der Waals surface area contributed by atoms with E-state index in [2.05, 4.69) is 4.72 Å². The first-order valence-corrected chi connectivity index (χ1v) is 9.31. The van der Waals surface area contributed by atoms with Crippen LogP contribution in [0.1, 0.15) is 25.3 Å². The molecular formula is C16H24N2O4S. The Morgan fingerprint density at radius 3 is 2.65 bits per heavy atom. The average Bonchev–Trinajstić information content (AvgIpc) is 2.53. The van der Waals surface area contributed by atoms with Crippen molar-refractivity contribution in [3.8, 4) is 0 Å². The van der Waals surface area contributed by atoms with Crippen molar-refractivity contribution in [1.29, 1.82) is 0 Å². The number of aliphatic carboxylic acids is 1. The highest BCUT2D eigenvalue weighted by Crippen LogP contribution is 2.19. The molecule has 0 saturated carbocycles. The lowest BCUT2D eigenvalue weighted by Crippen LogP contribution is -2.47. The minimum absolute atomic E-state index is 0.130. The number of benzene rings is 1. The Hall–Kier alpha value is -1.44. The zero-order valence-corrected chi connectivity index (χ0v) is 14.3. The second-order valence-electron chi connectivity index (χ2n) is 6.18. The van der Waals surface area contributed by atoms with Crippen molar-refractivity contribution in [3.05, 3.63) is 29.8 Å². The fourth-order valence-electron chi connectivity index (χ4n) is 2.80. The molecule has 1 aromatic rings. The summed E-state index contributed by atoms with van der Waals surface area (Å²) in [5.41, 5.74) is 1.01. The Morgan fingerprint density at radius 1 is 1.39 bits per heavy atom. The molecule has 1 aliphatic rings. The number of likely N-dealkylation sites (tertiary alicyclic amines) is 1. The van der Waals surface area contributed by atoms with Gasteiger partial charge in [0.15, 0.2) is 0 Å². The summed E-state index contributed by atoms with van der Waals surface area (Å²) in [7, 11) is -3.52. The maximum atomic E-state index is 12.3. The molecule has 0 unspecified atom stereocenters. The summed E-state index contributed by atoms with van der Waals surface area (Å²) < 4.78 is 27.2. The van der Waals surface area contributed by atoms with Crippen molar-refractivity contribution in [2.45, 2.75) is 37.6 Å². The van der Waals surface area contributed by atoms with Crippen molar-refractivity contribution in [2.75, 3.05) is 19.6 Å². The van der Waals surface area contributed by atoms with Gasteiger partial charge in [0, 0.05) is 13.1 Å². The highest BCUT2D eigenvalue weighted by atomic mass is 32.2. The van der Waals surface area contributed by atoms with Crippen molar-refractivity contribution in [2.24, 2.45) is 5.92 Å². The molecule has 0 spiro atoms. The zero-order valence-electron chi connectivity index (χ0n) is 13.5. The van der Waals surface area contributed by atoms with E-state index in [0.29, 0.717) is 13.1 Å². The minimum atomic E-state index is -3.52. The summed E-state index contributed by atoms with van der Waals surface area (Å²) in [5.74, 6) is -0.711. The van der Waals surface area contributed by atoms with Crippen LogP contribution < -0.4 is 4.72 Å². The predicted octanol–water partition coefficient (Wildman–Crippen LogP) is 1.46. The number of aryl methyl sites for hydroxylation is 1. The normalized spacial score (nSPS) is 21.0. The molecule has 1 saturated heterocycles. The van der Waals surface area contributed by atoms with Crippen LogP contribution in [0.5, 0.6) is 0 Å². The Kier molecular flexibility index (Phi) is 5.78. The molecule has 128 valence electrons. The molecule has 6 nitrogen and oxygen atoms in total. The van der Waals surface area contributed by atoms with Gasteiger partial charge >= 0.3 is 5.97 Å². The lowest BCUT2D eigenvalue weighted by Gasteiger charge is -2.35. The molecule has 0 amide bonds. The number of carbonyl (C=O) groups is 1. The van der Waals surface area contributed by atoms with Crippen LogP contribution in [0, 0.1) is 12.8 Å². The van der Waals surface area contributed by atoms with Crippen molar-refractivity contribution in [3.63, 3.8) is 0 Å². The number of carboxylic acids is 1. The van der Waals surface area contributed by atoms with Crippen molar-refractivity contribution in [1.82, 2.24) is 9.62 Å². The van der Waals surface area contributed by atoms with E-state index in [0.717, 1.165) is 24.9 Å². The molecule has 1 aliphatic heterocycles. The van der Waals surface area contributed by atoms with Crippen molar-refractivity contribution >= 4 is 16.0 Å². The molecule has 0 aliphatic carbocycles. The summed E-state index contributed by atoms with van der Waals surface area (Å²) in [6, 6.07) is 6.19. The molecule has 0 aromatic heterocycles. The summed E-state index contributed by atoms with van der Waals surface area (Å²) >= 11 is 0. The van der Waals surface area contributed by atoms with Crippen LogP contribution in [0.4, 0.5) is 0 Å². The Labute approximate surface area is 137 Å². The fraction of sp³-hybridized carbons (Fsp3) is 0.562. The van der Waals surface area contributed by atoms with E-state index < -0.39 is 22.0 Å². The summed E-state index contributed by atoms with van der Waals surface area (Å²) in [4.78, 5) is 13.2. The van der Waals surface area contributed by atoms with Gasteiger partial charge in [-0.3, -0.25) is 9.69 Å². The molecule has 1 heterocycles. The molecule has 2 atom stereocenters. The van der Waals surface area contributed by atoms with Crippen LogP contribution >= 0.6 is 0 Å². The van der Waals surface area contributed by atoms with Crippen LogP contribution in [0.2, 0.25) is 0 Å². The number of carboxylic acid groups (broad SMARTS) is 1. The van der Waals surface area contributed by atoms with Gasteiger partial charge in [-0.25, -0.2) is 13.1 Å². The topological polar surface area (TPSA) is 86.7 Å². The molecular weight excluding hydrogens is 316 g/mol. The van der Waals surface area contributed by atoms with Crippen LogP contribution in [0.25, 0.3) is 0 Å². The lowest BCUT2D eigenvalue weighted by molar-refractivity contribution is -0.143. The second-order valence-corrected chi connectivity index (χ2v) is 7.95. The van der Waals surface area contributed by atoms with Gasteiger partial charge in [-0.2, -0.15) is 0 Å². The minimum Gasteiger partial charge on any atom is -0.480 e. The molecule has 0 radical (unpaired) electrons. The monoisotopic (exact) mass is 340 g/mol. The molecule has 7 heteroatoms. The van der Waals surface area contributed by atoms with E-state index >= 15 is 0 Å². The number of sulfonamides is 1. The van der Waals surface area contributed by atoms with E-state index in [4.69, 9.17) is 5.11 Å². The molecule has 1 aromatic carbocycles. The molecule has 1 fully saturated rings. The van der Waals surface area contributed by atoms with Crippen LogP contribution in [-0.2, 0) is 14.8 Å². The van der Waals surface area contributed by atoms with Gasteiger partial charge < -0.3 is 5.11 Å². The maximum absolute atomic E-state index is 12.3. The van der Waals surface area contributed by atoms with Gasteiger partial charge in [0.05, 0.1) is 4.90 Å². The van der Waals surface area contributed by atoms with E-state index in [1.807, 2.05) is 11.8 Å². The first-order chi connectivity index (χ1) is 10.8. The summed E-state index contributed by atoms with van der Waals surface area (Å²) in [6.07, 6.45) is 1.79. The largest absolute Gasteiger partial charge is 0.480 e. The fourth-order valence-corrected chi connectivity index (χ4v) is 3.92. The molecule has 2 rings (SSSR count). The number of nitrogens with one attached hydrogen (secondary N) is 1. The second kappa shape index (κ2) is 7.42. The molecule has 23 heavy (non-hydrogen) atoms. The van der Waals surface area contributed by atoms with Gasteiger partial charge in [-0.1, -0.05) is 17.7 Å². The average molecular weight is 340 g/mol. The van der Waals surface area contributed by atoms with Crippen molar-refractivity contribution < 1.29 is 18.3 Å². The van der Waals surface area contributed by atoms with Gasteiger partial charge in [-0.15, -0.1) is 0 Å². The number of hydrogen-bond acceptors (Lipinski definition) is 4. The molecule has 0 bridgehead atoms. The van der Waals surface area contributed by atoms with E-state index in [1.165, 1.54) is 0 Å². The van der Waals surface area contributed by atoms with Gasteiger partial charge in [-0.05, 0) is 51.3 Å². The Morgan fingerprint density at radius 2 is 2.04 bits per heavy atom. The van der Waals surface area contributed by atoms with Gasteiger partial charge in [0.1, 0.15) is 6.04 Å². The first kappa shape index (κ1) is 17.9. The van der Waals surface area contributed by atoms with Crippen LogP contribution in [-0.4, -0.2) is 50.1 Å². The summed E-state index contributed by atoms with van der Waals surface area (Å²) in [6.45, 7) is 5.25. The smallest absolute Gasteiger partial charge is 0.320 e. The third kappa shape index (κ3) is 4.76.